The van der Waals surface area contributed by atoms with Gasteiger partial charge in [0, 0.05) is 24.4 Å². The van der Waals surface area contributed by atoms with E-state index in [1.165, 1.54) is 7.11 Å². The van der Waals surface area contributed by atoms with Crippen molar-refractivity contribution in [1.82, 2.24) is 5.32 Å². The van der Waals surface area contributed by atoms with Gasteiger partial charge in [-0.2, -0.15) is 0 Å². The lowest BCUT2D eigenvalue weighted by Gasteiger charge is -2.11. The molecule has 2 aromatic carbocycles. The standard InChI is InChI=1S/C21H22N2O5/c1-27-21(26)15-9-7-14(8-10-15)13-22-19(24)16-4-2-5-17(12-16)23-20(25)18-6-3-11-28-18/h2,4-5,7-10,12,18H,3,6,11,13H2,1H3,(H,22,24)(H,23,25). The zero-order chi connectivity index (χ0) is 19.9. The second-order valence-electron chi connectivity index (χ2n) is 6.44. The highest BCUT2D eigenvalue weighted by atomic mass is 16.5. The van der Waals surface area contributed by atoms with E-state index in [1.54, 1.807) is 48.5 Å². The minimum absolute atomic E-state index is 0.194. The number of rotatable bonds is 6. The minimum atomic E-state index is -0.426. The Morgan fingerprint density at radius 3 is 2.57 bits per heavy atom. The van der Waals surface area contributed by atoms with Gasteiger partial charge < -0.3 is 20.1 Å². The molecule has 1 fully saturated rings. The van der Waals surface area contributed by atoms with E-state index in [2.05, 4.69) is 15.4 Å². The first-order chi connectivity index (χ1) is 13.6. The number of ether oxygens (including phenoxy) is 2. The van der Waals surface area contributed by atoms with Crippen LogP contribution in [-0.4, -0.2) is 37.6 Å². The predicted octanol–water partition coefficient (Wildman–Crippen LogP) is 2.52. The van der Waals surface area contributed by atoms with Gasteiger partial charge in [-0.05, 0) is 48.7 Å². The number of methoxy groups -OCH3 is 1. The number of amides is 2. The molecule has 7 heteroatoms. The number of carbonyl (C=O) groups excluding carboxylic acids is 3. The van der Waals surface area contributed by atoms with Crippen molar-refractivity contribution in [3.8, 4) is 0 Å². The van der Waals surface area contributed by atoms with Crippen LogP contribution in [0, 0.1) is 0 Å². The summed E-state index contributed by atoms with van der Waals surface area (Å²) in [7, 11) is 1.33. The van der Waals surface area contributed by atoms with Gasteiger partial charge in [0.25, 0.3) is 11.8 Å². The van der Waals surface area contributed by atoms with E-state index >= 15 is 0 Å². The molecule has 1 saturated heterocycles. The van der Waals surface area contributed by atoms with Gasteiger partial charge >= 0.3 is 5.97 Å². The Morgan fingerprint density at radius 2 is 1.89 bits per heavy atom. The normalized spacial score (nSPS) is 15.7. The highest BCUT2D eigenvalue weighted by molar-refractivity contribution is 5.98. The maximum absolute atomic E-state index is 12.4. The number of hydrogen-bond acceptors (Lipinski definition) is 5. The summed E-state index contributed by atoms with van der Waals surface area (Å²) in [5.74, 6) is -0.858. The molecule has 0 saturated carbocycles. The Bertz CT molecular complexity index is 857. The minimum Gasteiger partial charge on any atom is -0.465 e. The van der Waals surface area contributed by atoms with E-state index in [9.17, 15) is 14.4 Å². The summed E-state index contributed by atoms with van der Waals surface area (Å²) in [4.78, 5) is 36.0. The van der Waals surface area contributed by atoms with Gasteiger partial charge in [-0.15, -0.1) is 0 Å². The molecule has 7 nitrogen and oxygen atoms in total. The summed E-state index contributed by atoms with van der Waals surface area (Å²) in [6.45, 7) is 0.911. The largest absolute Gasteiger partial charge is 0.465 e. The van der Waals surface area contributed by atoms with Crippen molar-refractivity contribution in [3.63, 3.8) is 0 Å². The third-order valence-corrected chi connectivity index (χ3v) is 4.44. The van der Waals surface area contributed by atoms with Crippen LogP contribution >= 0.6 is 0 Å². The summed E-state index contributed by atoms with van der Waals surface area (Å²) in [6.07, 6.45) is 1.16. The van der Waals surface area contributed by atoms with Gasteiger partial charge in [0.05, 0.1) is 12.7 Å². The first-order valence-corrected chi connectivity index (χ1v) is 9.05. The van der Waals surface area contributed by atoms with E-state index in [4.69, 9.17) is 4.74 Å². The van der Waals surface area contributed by atoms with Crippen LogP contribution in [0.1, 0.15) is 39.1 Å². The van der Waals surface area contributed by atoms with Crippen LogP contribution in [0.3, 0.4) is 0 Å². The van der Waals surface area contributed by atoms with Gasteiger partial charge in [-0.25, -0.2) is 4.79 Å². The fourth-order valence-electron chi connectivity index (χ4n) is 2.91. The summed E-state index contributed by atoms with van der Waals surface area (Å²) in [5, 5.41) is 5.61. The number of anilines is 1. The molecule has 1 unspecified atom stereocenters. The first-order valence-electron chi connectivity index (χ1n) is 9.05. The molecule has 1 heterocycles. The van der Waals surface area contributed by atoms with Gasteiger partial charge in [0.2, 0.25) is 0 Å². The lowest BCUT2D eigenvalue weighted by Crippen LogP contribution is -2.27. The molecule has 2 N–H and O–H groups in total. The van der Waals surface area contributed by atoms with Gasteiger partial charge in [0.15, 0.2) is 0 Å². The lowest BCUT2D eigenvalue weighted by molar-refractivity contribution is -0.124. The molecule has 0 bridgehead atoms. The zero-order valence-electron chi connectivity index (χ0n) is 15.6. The number of carbonyl (C=O) groups is 3. The third-order valence-electron chi connectivity index (χ3n) is 4.44. The molecule has 3 rings (SSSR count). The Labute approximate surface area is 163 Å². The molecular weight excluding hydrogens is 360 g/mol. The van der Waals surface area contributed by atoms with Crippen molar-refractivity contribution in [1.29, 1.82) is 0 Å². The monoisotopic (exact) mass is 382 g/mol. The van der Waals surface area contributed by atoms with Crippen molar-refractivity contribution in [2.75, 3.05) is 19.0 Å². The van der Waals surface area contributed by atoms with E-state index in [1.807, 2.05) is 0 Å². The Hall–Kier alpha value is -3.19. The summed E-state index contributed by atoms with van der Waals surface area (Å²) in [5.41, 5.74) is 2.29. The topological polar surface area (TPSA) is 93.7 Å². The van der Waals surface area contributed by atoms with Crippen LogP contribution in [0.25, 0.3) is 0 Å². The van der Waals surface area contributed by atoms with E-state index < -0.39 is 12.1 Å². The van der Waals surface area contributed by atoms with Crippen LogP contribution in [-0.2, 0) is 20.8 Å². The fourth-order valence-corrected chi connectivity index (χ4v) is 2.91. The maximum atomic E-state index is 12.4. The summed E-state index contributed by atoms with van der Waals surface area (Å²) < 4.78 is 10.0. The van der Waals surface area contributed by atoms with Gasteiger partial charge in [-0.1, -0.05) is 18.2 Å². The van der Waals surface area contributed by atoms with Crippen molar-refractivity contribution < 1.29 is 23.9 Å². The van der Waals surface area contributed by atoms with Crippen LogP contribution < -0.4 is 10.6 Å². The number of benzene rings is 2. The van der Waals surface area contributed by atoms with Crippen molar-refractivity contribution >= 4 is 23.5 Å². The smallest absolute Gasteiger partial charge is 0.337 e. The second-order valence-corrected chi connectivity index (χ2v) is 6.44. The molecule has 2 amide bonds. The molecule has 1 aliphatic rings. The van der Waals surface area contributed by atoms with Crippen molar-refractivity contribution in [2.45, 2.75) is 25.5 Å². The zero-order valence-corrected chi connectivity index (χ0v) is 15.6. The number of hydrogen-bond donors (Lipinski definition) is 2. The average Bonchev–Trinajstić information content (AvgIpc) is 3.27. The maximum Gasteiger partial charge on any atom is 0.337 e. The molecular formula is C21H22N2O5. The molecule has 1 aliphatic heterocycles. The molecule has 1 atom stereocenters. The highest BCUT2D eigenvalue weighted by Gasteiger charge is 2.23. The number of esters is 1. The van der Waals surface area contributed by atoms with E-state index in [0.717, 1.165) is 12.0 Å². The molecule has 146 valence electrons. The Kier molecular flexibility index (Phi) is 6.39. The van der Waals surface area contributed by atoms with E-state index in [0.29, 0.717) is 36.4 Å². The van der Waals surface area contributed by atoms with Crippen LogP contribution in [0.15, 0.2) is 48.5 Å². The summed E-state index contributed by atoms with van der Waals surface area (Å²) >= 11 is 0. The fraction of sp³-hybridized carbons (Fsp3) is 0.286. The van der Waals surface area contributed by atoms with E-state index in [-0.39, 0.29) is 11.8 Å². The van der Waals surface area contributed by atoms with Crippen LogP contribution in [0.5, 0.6) is 0 Å². The number of nitrogens with one attached hydrogen (secondary N) is 2. The quantitative estimate of drug-likeness (QED) is 0.749. The Balaban J connectivity index is 1.56. The van der Waals surface area contributed by atoms with Crippen LogP contribution in [0.4, 0.5) is 5.69 Å². The SMILES string of the molecule is COC(=O)c1ccc(CNC(=O)c2cccc(NC(=O)C3CCCO3)c2)cc1. The average molecular weight is 382 g/mol. The lowest BCUT2D eigenvalue weighted by atomic mass is 10.1. The molecule has 0 aliphatic carbocycles. The van der Waals surface area contributed by atoms with Gasteiger partial charge in [0.1, 0.15) is 6.10 Å². The Morgan fingerprint density at radius 1 is 1.11 bits per heavy atom. The third kappa shape index (κ3) is 4.95. The first kappa shape index (κ1) is 19.6. The molecule has 0 radical (unpaired) electrons. The molecule has 0 aromatic heterocycles. The second kappa shape index (κ2) is 9.14. The highest BCUT2D eigenvalue weighted by Crippen LogP contribution is 2.16. The molecule has 0 spiro atoms. The summed E-state index contributed by atoms with van der Waals surface area (Å²) in [6, 6.07) is 13.6. The van der Waals surface area contributed by atoms with Gasteiger partial charge in [-0.3, -0.25) is 9.59 Å². The van der Waals surface area contributed by atoms with Crippen molar-refractivity contribution in [2.24, 2.45) is 0 Å². The molecule has 28 heavy (non-hydrogen) atoms. The predicted molar refractivity (Wildman–Crippen MR) is 103 cm³/mol. The van der Waals surface area contributed by atoms with Crippen LogP contribution in [0.2, 0.25) is 0 Å². The van der Waals surface area contributed by atoms with Crippen molar-refractivity contribution in [3.05, 3.63) is 65.2 Å². The molecule has 2 aromatic rings.